The van der Waals surface area contributed by atoms with Gasteiger partial charge in [-0.25, -0.2) is 5.43 Å². The Hall–Kier alpha value is -3.41. The Morgan fingerprint density at radius 3 is 2.88 bits per heavy atom. The van der Waals surface area contributed by atoms with Crippen LogP contribution in [0.2, 0.25) is 0 Å². The Morgan fingerprint density at radius 1 is 1.21 bits per heavy atom. The third-order valence-corrected chi connectivity index (χ3v) is 3.40. The third kappa shape index (κ3) is 3.86. The maximum Gasteiger partial charge on any atom is 0.271 e. The molecule has 0 bridgehead atoms. The van der Waals surface area contributed by atoms with E-state index in [4.69, 9.17) is 0 Å². The molecule has 0 aliphatic rings. The molecule has 6 nitrogen and oxygen atoms in total. The standard InChI is InChI=1S/C18H16N4O2/c23-17-8-2-1-6-16(17)12-19-21-18(24)15-7-3-5-14(11-15)13-22-10-4-9-20-22/h1-12,23H,13H2,(H,21,24)/b19-12-. The quantitative estimate of drug-likeness (QED) is 0.559. The van der Waals surface area contributed by atoms with E-state index >= 15 is 0 Å². The zero-order valence-electron chi connectivity index (χ0n) is 12.8. The molecule has 0 saturated heterocycles. The van der Waals surface area contributed by atoms with Crippen molar-refractivity contribution in [2.45, 2.75) is 6.54 Å². The van der Waals surface area contributed by atoms with Gasteiger partial charge in [-0.05, 0) is 35.9 Å². The van der Waals surface area contributed by atoms with Gasteiger partial charge in [0.25, 0.3) is 5.91 Å². The number of amides is 1. The van der Waals surface area contributed by atoms with E-state index < -0.39 is 0 Å². The number of rotatable bonds is 5. The first kappa shape index (κ1) is 15.5. The number of hydrazone groups is 1. The van der Waals surface area contributed by atoms with Crippen LogP contribution in [0.25, 0.3) is 0 Å². The van der Waals surface area contributed by atoms with Crippen molar-refractivity contribution in [1.29, 1.82) is 0 Å². The molecule has 24 heavy (non-hydrogen) atoms. The minimum Gasteiger partial charge on any atom is -0.507 e. The lowest BCUT2D eigenvalue weighted by molar-refractivity contribution is 0.0955. The summed E-state index contributed by atoms with van der Waals surface area (Å²) in [6.07, 6.45) is 4.98. The number of benzene rings is 2. The fourth-order valence-corrected chi connectivity index (χ4v) is 2.21. The van der Waals surface area contributed by atoms with Crippen LogP contribution in [-0.2, 0) is 6.54 Å². The van der Waals surface area contributed by atoms with E-state index in [2.05, 4.69) is 15.6 Å². The fraction of sp³-hybridized carbons (Fsp3) is 0.0556. The average molecular weight is 320 g/mol. The summed E-state index contributed by atoms with van der Waals surface area (Å²) in [5, 5.41) is 17.7. The second-order valence-corrected chi connectivity index (χ2v) is 5.16. The summed E-state index contributed by atoms with van der Waals surface area (Å²) in [7, 11) is 0. The summed E-state index contributed by atoms with van der Waals surface area (Å²) in [5.41, 5.74) is 4.47. The molecule has 0 spiro atoms. The van der Waals surface area contributed by atoms with Crippen molar-refractivity contribution in [3.63, 3.8) is 0 Å². The molecule has 0 fully saturated rings. The number of nitrogens with one attached hydrogen (secondary N) is 1. The molecule has 2 aromatic carbocycles. The van der Waals surface area contributed by atoms with Crippen LogP contribution < -0.4 is 5.43 Å². The predicted octanol–water partition coefficient (Wildman–Crippen LogP) is 2.40. The second-order valence-electron chi connectivity index (χ2n) is 5.16. The van der Waals surface area contributed by atoms with E-state index in [1.165, 1.54) is 6.21 Å². The molecular formula is C18H16N4O2. The molecule has 3 aromatic rings. The maximum atomic E-state index is 12.2. The van der Waals surface area contributed by atoms with E-state index in [0.29, 0.717) is 17.7 Å². The van der Waals surface area contributed by atoms with E-state index in [0.717, 1.165) is 5.56 Å². The highest BCUT2D eigenvalue weighted by Crippen LogP contribution is 2.12. The van der Waals surface area contributed by atoms with Gasteiger partial charge in [-0.15, -0.1) is 0 Å². The number of carbonyl (C=O) groups is 1. The molecule has 1 heterocycles. The number of aromatic hydroxyl groups is 1. The van der Waals surface area contributed by atoms with Crippen molar-refractivity contribution >= 4 is 12.1 Å². The molecule has 0 aliphatic heterocycles. The number of phenolic OH excluding ortho intramolecular Hbond substituents is 1. The molecule has 0 saturated carbocycles. The van der Waals surface area contributed by atoms with Gasteiger partial charge in [0.2, 0.25) is 0 Å². The van der Waals surface area contributed by atoms with E-state index in [1.807, 2.05) is 24.4 Å². The number of para-hydroxylation sites is 1. The lowest BCUT2D eigenvalue weighted by Gasteiger charge is -2.05. The van der Waals surface area contributed by atoms with E-state index in [-0.39, 0.29) is 11.7 Å². The fourth-order valence-electron chi connectivity index (χ4n) is 2.21. The first-order chi connectivity index (χ1) is 11.7. The van der Waals surface area contributed by atoms with Crippen LogP contribution in [0.1, 0.15) is 21.5 Å². The van der Waals surface area contributed by atoms with Gasteiger partial charge in [0.1, 0.15) is 5.75 Å². The number of hydrogen-bond acceptors (Lipinski definition) is 4. The third-order valence-electron chi connectivity index (χ3n) is 3.40. The molecule has 3 rings (SSSR count). The topological polar surface area (TPSA) is 79.5 Å². The molecule has 2 N–H and O–H groups in total. The molecule has 1 amide bonds. The lowest BCUT2D eigenvalue weighted by Crippen LogP contribution is -2.18. The van der Waals surface area contributed by atoms with Gasteiger partial charge in [0.15, 0.2) is 0 Å². The summed E-state index contributed by atoms with van der Waals surface area (Å²) in [6, 6.07) is 15.9. The van der Waals surface area contributed by atoms with Crippen LogP contribution in [0.4, 0.5) is 0 Å². The van der Waals surface area contributed by atoms with Gasteiger partial charge in [0, 0.05) is 23.5 Å². The number of aromatic nitrogens is 2. The summed E-state index contributed by atoms with van der Waals surface area (Å²) in [5.74, 6) is -0.208. The molecule has 1 aromatic heterocycles. The predicted molar refractivity (Wildman–Crippen MR) is 90.9 cm³/mol. The van der Waals surface area contributed by atoms with Gasteiger partial charge in [-0.3, -0.25) is 9.48 Å². The van der Waals surface area contributed by atoms with Crippen molar-refractivity contribution in [3.05, 3.63) is 83.7 Å². The minimum absolute atomic E-state index is 0.108. The molecule has 6 heteroatoms. The SMILES string of the molecule is O=C(N/N=C\c1ccccc1O)c1cccc(Cn2cccn2)c1. The minimum atomic E-state index is -0.316. The monoisotopic (exact) mass is 320 g/mol. The van der Waals surface area contributed by atoms with E-state index in [9.17, 15) is 9.90 Å². The zero-order valence-corrected chi connectivity index (χ0v) is 12.8. The van der Waals surface area contributed by atoms with Crippen molar-refractivity contribution < 1.29 is 9.90 Å². The number of phenols is 1. The molecular weight excluding hydrogens is 304 g/mol. The molecule has 120 valence electrons. The van der Waals surface area contributed by atoms with Crippen LogP contribution in [-0.4, -0.2) is 27.0 Å². The Kier molecular flexibility index (Phi) is 4.67. The Bertz CT molecular complexity index is 857. The van der Waals surface area contributed by atoms with E-state index in [1.54, 1.807) is 47.3 Å². The van der Waals surface area contributed by atoms with Crippen molar-refractivity contribution in [2.75, 3.05) is 0 Å². The smallest absolute Gasteiger partial charge is 0.271 e. The lowest BCUT2D eigenvalue weighted by atomic mass is 10.1. The van der Waals surface area contributed by atoms with Crippen LogP contribution >= 0.6 is 0 Å². The van der Waals surface area contributed by atoms with Gasteiger partial charge >= 0.3 is 0 Å². The number of carbonyl (C=O) groups excluding carboxylic acids is 1. The van der Waals surface area contributed by atoms with Crippen molar-refractivity contribution in [2.24, 2.45) is 5.10 Å². The zero-order chi connectivity index (χ0) is 16.8. The van der Waals surface area contributed by atoms with Gasteiger partial charge < -0.3 is 5.11 Å². The van der Waals surface area contributed by atoms with Crippen LogP contribution in [0.5, 0.6) is 5.75 Å². The number of nitrogens with zero attached hydrogens (tertiary/aromatic N) is 3. The first-order valence-corrected chi connectivity index (χ1v) is 7.40. The van der Waals surface area contributed by atoms with Crippen LogP contribution in [0.3, 0.4) is 0 Å². The Balaban J connectivity index is 1.66. The molecule has 0 atom stereocenters. The highest BCUT2D eigenvalue weighted by molar-refractivity contribution is 5.95. The van der Waals surface area contributed by atoms with Crippen molar-refractivity contribution in [1.82, 2.24) is 15.2 Å². The summed E-state index contributed by atoms with van der Waals surface area (Å²) < 4.78 is 1.79. The summed E-state index contributed by atoms with van der Waals surface area (Å²) in [6.45, 7) is 0.593. The molecule has 0 radical (unpaired) electrons. The Labute approximate surface area is 139 Å². The van der Waals surface area contributed by atoms with Crippen LogP contribution in [0, 0.1) is 0 Å². The van der Waals surface area contributed by atoms with Crippen LogP contribution in [0.15, 0.2) is 72.1 Å². The molecule has 0 aliphatic carbocycles. The van der Waals surface area contributed by atoms with Crippen molar-refractivity contribution in [3.8, 4) is 5.75 Å². The highest BCUT2D eigenvalue weighted by Gasteiger charge is 2.05. The average Bonchev–Trinajstić information content (AvgIpc) is 3.10. The van der Waals surface area contributed by atoms with Gasteiger partial charge in [0.05, 0.1) is 12.8 Å². The van der Waals surface area contributed by atoms with Gasteiger partial charge in [-0.2, -0.15) is 10.2 Å². The summed E-state index contributed by atoms with van der Waals surface area (Å²) >= 11 is 0. The summed E-state index contributed by atoms with van der Waals surface area (Å²) in [4.78, 5) is 12.2. The molecule has 0 unspecified atom stereocenters. The van der Waals surface area contributed by atoms with Gasteiger partial charge in [-0.1, -0.05) is 24.3 Å². The highest BCUT2D eigenvalue weighted by atomic mass is 16.3. The largest absolute Gasteiger partial charge is 0.507 e. The first-order valence-electron chi connectivity index (χ1n) is 7.40. The Morgan fingerprint density at radius 2 is 2.08 bits per heavy atom. The maximum absolute atomic E-state index is 12.2. The number of hydrogen-bond donors (Lipinski definition) is 2. The second kappa shape index (κ2) is 7.23. The normalized spacial score (nSPS) is 10.8.